The number of hydrogen-bond donors (Lipinski definition) is 2. The maximum Gasteiger partial charge on any atom is 0.417 e. The summed E-state index contributed by atoms with van der Waals surface area (Å²) in [5.74, 6) is -0.555. The van der Waals surface area contributed by atoms with Gasteiger partial charge in [-0.05, 0) is 18.2 Å². The molecular weight excluding hydrogens is 200 g/mol. The van der Waals surface area contributed by atoms with E-state index in [0.717, 1.165) is 4.90 Å². The fourth-order valence-electron chi connectivity index (χ4n) is 1.26. The van der Waals surface area contributed by atoms with Crippen LogP contribution in [0.2, 0.25) is 0 Å². The summed E-state index contributed by atoms with van der Waals surface area (Å²) in [5, 5.41) is 8.74. The van der Waals surface area contributed by atoms with E-state index in [0.29, 0.717) is 16.8 Å². The van der Waals surface area contributed by atoms with Crippen LogP contribution in [0.25, 0.3) is 11.1 Å². The summed E-state index contributed by atoms with van der Waals surface area (Å²) in [4.78, 5) is 25.0. The van der Waals surface area contributed by atoms with Crippen molar-refractivity contribution in [1.82, 2.24) is 4.98 Å². The van der Waals surface area contributed by atoms with Gasteiger partial charge in [0.1, 0.15) is 0 Å². The average Bonchev–Trinajstić information content (AvgIpc) is 2.55. The van der Waals surface area contributed by atoms with Gasteiger partial charge in [-0.3, -0.25) is 9.88 Å². The number of aromatic amines is 1. The van der Waals surface area contributed by atoms with Crippen LogP contribution in [-0.2, 0) is 0 Å². The van der Waals surface area contributed by atoms with E-state index in [1.165, 1.54) is 13.1 Å². The molecule has 78 valence electrons. The number of benzene rings is 1. The van der Waals surface area contributed by atoms with Crippen molar-refractivity contribution >= 4 is 22.9 Å². The van der Waals surface area contributed by atoms with Gasteiger partial charge in [0, 0.05) is 12.7 Å². The molecule has 0 unspecified atom stereocenters. The summed E-state index contributed by atoms with van der Waals surface area (Å²) in [6.07, 6.45) is -1.07. The van der Waals surface area contributed by atoms with Crippen LogP contribution in [-0.4, -0.2) is 23.2 Å². The van der Waals surface area contributed by atoms with E-state index in [9.17, 15) is 9.59 Å². The highest BCUT2D eigenvalue weighted by Crippen LogP contribution is 2.18. The Kier molecular flexibility index (Phi) is 1.96. The molecule has 0 aliphatic heterocycles. The molecule has 6 heteroatoms. The number of oxazole rings is 1. The second kappa shape index (κ2) is 3.16. The minimum Gasteiger partial charge on any atom is -0.465 e. The van der Waals surface area contributed by atoms with Crippen LogP contribution in [0.15, 0.2) is 27.4 Å². The summed E-state index contributed by atoms with van der Waals surface area (Å²) >= 11 is 0. The van der Waals surface area contributed by atoms with Gasteiger partial charge in [-0.15, -0.1) is 0 Å². The summed E-state index contributed by atoms with van der Waals surface area (Å²) < 4.78 is 4.79. The second-order valence-electron chi connectivity index (χ2n) is 3.04. The highest BCUT2D eigenvalue weighted by Gasteiger charge is 2.10. The number of carboxylic acid groups (broad SMARTS) is 1. The number of hydrogen-bond acceptors (Lipinski definition) is 3. The Morgan fingerprint density at radius 2 is 2.27 bits per heavy atom. The number of H-pyrrole nitrogens is 1. The molecule has 1 heterocycles. The maximum absolute atomic E-state index is 10.9. The molecule has 1 aromatic carbocycles. The molecule has 1 aromatic heterocycles. The number of anilines is 1. The average molecular weight is 208 g/mol. The number of nitrogens with one attached hydrogen (secondary N) is 1. The van der Waals surface area contributed by atoms with Crippen LogP contribution in [0.1, 0.15) is 0 Å². The minimum atomic E-state index is -1.07. The molecule has 2 aromatic rings. The smallest absolute Gasteiger partial charge is 0.417 e. The summed E-state index contributed by atoms with van der Waals surface area (Å²) in [5.41, 5.74) is 1.35. The molecule has 1 amide bonds. The van der Waals surface area contributed by atoms with Gasteiger partial charge in [-0.25, -0.2) is 9.59 Å². The van der Waals surface area contributed by atoms with Gasteiger partial charge in [0.05, 0.1) is 5.52 Å². The SMILES string of the molecule is CN(C(=O)O)c1ccc2oc(=O)[nH]c2c1. The number of rotatable bonds is 1. The van der Waals surface area contributed by atoms with E-state index in [2.05, 4.69) is 4.98 Å². The molecule has 0 saturated heterocycles. The minimum absolute atomic E-state index is 0.405. The first-order valence-electron chi connectivity index (χ1n) is 4.17. The van der Waals surface area contributed by atoms with Crippen molar-refractivity contribution in [1.29, 1.82) is 0 Å². The van der Waals surface area contributed by atoms with Crippen molar-refractivity contribution in [3.8, 4) is 0 Å². The van der Waals surface area contributed by atoms with Crippen molar-refractivity contribution in [2.24, 2.45) is 0 Å². The molecule has 0 bridgehead atoms. The van der Waals surface area contributed by atoms with Gasteiger partial charge >= 0.3 is 11.8 Å². The lowest BCUT2D eigenvalue weighted by molar-refractivity contribution is 0.203. The lowest BCUT2D eigenvalue weighted by Gasteiger charge is -2.11. The summed E-state index contributed by atoms with van der Waals surface area (Å²) in [6, 6.07) is 4.64. The van der Waals surface area contributed by atoms with Crippen molar-refractivity contribution in [3.05, 3.63) is 28.7 Å². The Morgan fingerprint density at radius 3 is 2.93 bits per heavy atom. The fourth-order valence-corrected chi connectivity index (χ4v) is 1.26. The normalized spacial score (nSPS) is 10.5. The van der Waals surface area contributed by atoms with Crippen LogP contribution in [0.4, 0.5) is 10.5 Å². The first-order valence-corrected chi connectivity index (χ1v) is 4.17. The molecule has 0 aliphatic carbocycles. The monoisotopic (exact) mass is 208 g/mol. The molecule has 0 spiro atoms. The van der Waals surface area contributed by atoms with Gasteiger partial charge in [0.2, 0.25) is 0 Å². The topological polar surface area (TPSA) is 86.5 Å². The third kappa shape index (κ3) is 1.56. The van der Waals surface area contributed by atoms with Gasteiger partial charge in [-0.1, -0.05) is 0 Å². The lowest BCUT2D eigenvalue weighted by atomic mass is 10.3. The Morgan fingerprint density at radius 1 is 1.53 bits per heavy atom. The number of fused-ring (bicyclic) bond motifs is 1. The van der Waals surface area contributed by atoms with Gasteiger partial charge in [0.25, 0.3) is 0 Å². The molecular formula is C9H8N2O4. The molecule has 2 rings (SSSR count). The summed E-state index contributed by atoms with van der Waals surface area (Å²) in [7, 11) is 1.42. The van der Waals surface area contributed by atoms with Crippen LogP contribution < -0.4 is 10.7 Å². The van der Waals surface area contributed by atoms with E-state index in [1.54, 1.807) is 12.1 Å². The first kappa shape index (κ1) is 9.32. The Hall–Kier alpha value is -2.24. The summed E-state index contributed by atoms with van der Waals surface area (Å²) in [6.45, 7) is 0. The van der Waals surface area contributed by atoms with Gasteiger partial charge < -0.3 is 9.52 Å². The van der Waals surface area contributed by atoms with E-state index < -0.39 is 11.8 Å². The zero-order valence-electron chi connectivity index (χ0n) is 7.85. The van der Waals surface area contributed by atoms with E-state index in [4.69, 9.17) is 9.52 Å². The van der Waals surface area contributed by atoms with Crippen molar-refractivity contribution < 1.29 is 14.3 Å². The molecule has 0 saturated carbocycles. The Balaban J connectivity index is 2.55. The standard InChI is InChI=1S/C9H8N2O4/c1-11(9(13)14)5-2-3-7-6(4-5)10-8(12)15-7/h2-4H,1H3,(H,10,12)(H,13,14). The zero-order valence-corrected chi connectivity index (χ0v) is 7.85. The first-order chi connectivity index (χ1) is 7.08. The van der Waals surface area contributed by atoms with E-state index in [1.807, 2.05) is 0 Å². The van der Waals surface area contributed by atoms with Crippen LogP contribution >= 0.6 is 0 Å². The largest absolute Gasteiger partial charge is 0.465 e. The third-order valence-electron chi connectivity index (χ3n) is 2.08. The predicted molar refractivity (Wildman–Crippen MR) is 53.3 cm³/mol. The van der Waals surface area contributed by atoms with Gasteiger partial charge in [-0.2, -0.15) is 0 Å². The second-order valence-corrected chi connectivity index (χ2v) is 3.04. The van der Waals surface area contributed by atoms with Crippen LogP contribution in [0.5, 0.6) is 0 Å². The van der Waals surface area contributed by atoms with E-state index in [-0.39, 0.29) is 0 Å². The van der Waals surface area contributed by atoms with Crippen molar-refractivity contribution in [2.45, 2.75) is 0 Å². The van der Waals surface area contributed by atoms with E-state index >= 15 is 0 Å². The number of amides is 1. The third-order valence-corrected chi connectivity index (χ3v) is 2.08. The zero-order chi connectivity index (χ0) is 11.0. The Bertz CT molecular complexity index is 569. The maximum atomic E-state index is 10.9. The molecule has 0 aliphatic rings. The number of nitrogens with zero attached hydrogens (tertiary/aromatic N) is 1. The van der Waals surface area contributed by atoms with Crippen LogP contribution in [0.3, 0.4) is 0 Å². The van der Waals surface area contributed by atoms with Crippen molar-refractivity contribution in [3.63, 3.8) is 0 Å². The molecule has 0 radical (unpaired) electrons. The van der Waals surface area contributed by atoms with Crippen molar-refractivity contribution in [2.75, 3.05) is 11.9 Å². The predicted octanol–water partition coefficient (Wildman–Crippen LogP) is 1.24. The highest BCUT2D eigenvalue weighted by atomic mass is 16.4. The molecule has 2 N–H and O–H groups in total. The van der Waals surface area contributed by atoms with Gasteiger partial charge in [0.15, 0.2) is 5.58 Å². The molecule has 0 atom stereocenters. The van der Waals surface area contributed by atoms with Crippen LogP contribution in [0, 0.1) is 0 Å². The quantitative estimate of drug-likeness (QED) is 0.737. The number of aromatic nitrogens is 1. The molecule has 0 fully saturated rings. The lowest BCUT2D eigenvalue weighted by Crippen LogP contribution is -2.23. The fraction of sp³-hybridized carbons (Fsp3) is 0.111. The number of carbonyl (C=O) groups is 1. The highest BCUT2D eigenvalue weighted by molar-refractivity contribution is 5.88. The molecule has 6 nitrogen and oxygen atoms in total. The Labute approximate surface area is 83.7 Å². The molecule has 15 heavy (non-hydrogen) atoms.